The van der Waals surface area contributed by atoms with Crippen molar-refractivity contribution in [3.8, 4) is 0 Å². The van der Waals surface area contributed by atoms with E-state index in [0.717, 1.165) is 16.3 Å². The average molecular weight is 149 g/mol. The van der Waals surface area contributed by atoms with Gasteiger partial charge in [0.15, 0.2) is 0 Å². The highest BCUT2D eigenvalue weighted by Crippen LogP contribution is 2.14. The number of fused-ring (bicyclic) bond motifs is 1. The smallest absolute Gasteiger partial charge is 0.116 e. The average Bonchev–Trinajstić information content (AvgIpc) is 2.33. The Bertz CT molecular complexity index is 309. The van der Waals surface area contributed by atoms with Gasteiger partial charge in [-0.15, -0.1) is 10.2 Å². The molecule has 0 amide bonds. The van der Waals surface area contributed by atoms with Gasteiger partial charge >= 0.3 is 0 Å². The van der Waals surface area contributed by atoms with E-state index >= 15 is 0 Å². The zero-order valence-corrected chi connectivity index (χ0v) is 5.80. The topological polar surface area (TPSA) is 37.1 Å². The minimum Gasteiger partial charge on any atom is -0.128 e. The molecule has 1 heterocycles. The second-order valence-corrected chi connectivity index (χ2v) is 2.41. The molecule has 0 saturated heterocycles. The van der Waals surface area contributed by atoms with Crippen LogP contribution in [0.15, 0.2) is 39.4 Å². The van der Waals surface area contributed by atoms with Crippen LogP contribution in [0.3, 0.4) is 0 Å². The van der Waals surface area contributed by atoms with Gasteiger partial charge in [0, 0.05) is 4.86 Å². The van der Waals surface area contributed by atoms with Gasteiger partial charge in [-0.05, 0) is 23.5 Å². The Labute approximate surface area is 62.8 Å². The molecule has 0 spiro atoms. The summed E-state index contributed by atoms with van der Waals surface area (Å²) in [4.78, 5) is 0.773. The van der Waals surface area contributed by atoms with Gasteiger partial charge in [0.2, 0.25) is 0 Å². The SMILES string of the molecule is S=C1C=CC2=NN=NC2=C1. The van der Waals surface area contributed by atoms with Gasteiger partial charge in [-0.1, -0.05) is 12.2 Å². The quantitative estimate of drug-likeness (QED) is 0.482. The predicted octanol–water partition coefficient (Wildman–Crippen LogP) is 1.63. The number of hydrogen-bond donors (Lipinski definition) is 0. The molecule has 2 rings (SSSR count). The Balaban J connectivity index is 2.51. The first-order valence-electron chi connectivity index (χ1n) is 2.79. The molecule has 0 saturated carbocycles. The maximum absolute atomic E-state index is 4.91. The lowest BCUT2D eigenvalue weighted by Gasteiger charge is -1.97. The summed E-state index contributed by atoms with van der Waals surface area (Å²) in [6.07, 6.45) is 5.41. The van der Waals surface area contributed by atoms with Crippen LogP contribution in [0.4, 0.5) is 0 Å². The van der Waals surface area contributed by atoms with Crippen LogP contribution in [0.25, 0.3) is 0 Å². The van der Waals surface area contributed by atoms with Crippen LogP contribution < -0.4 is 0 Å². The molecule has 0 unspecified atom stereocenters. The standard InChI is InChI=1S/C6H3N3S/c10-4-1-2-5-6(3-4)8-9-7-5/h1-3H. The van der Waals surface area contributed by atoms with Crippen LogP contribution in [0.1, 0.15) is 0 Å². The van der Waals surface area contributed by atoms with Gasteiger partial charge in [0.25, 0.3) is 0 Å². The molecule has 48 valence electrons. The number of nitrogens with zero attached hydrogens (tertiary/aromatic N) is 3. The Morgan fingerprint density at radius 2 is 2.20 bits per heavy atom. The van der Waals surface area contributed by atoms with Crippen molar-refractivity contribution in [3.05, 3.63) is 23.9 Å². The zero-order chi connectivity index (χ0) is 6.97. The normalized spacial score (nSPS) is 20.6. The second kappa shape index (κ2) is 1.91. The van der Waals surface area contributed by atoms with E-state index < -0.39 is 0 Å². The Morgan fingerprint density at radius 3 is 3.10 bits per heavy atom. The molecular weight excluding hydrogens is 146 g/mol. The highest BCUT2D eigenvalue weighted by atomic mass is 32.1. The largest absolute Gasteiger partial charge is 0.128 e. The lowest BCUT2D eigenvalue weighted by Crippen LogP contribution is -2.01. The van der Waals surface area contributed by atoms with Crippen LogP contribution >= 0.6 is 12.2 Å². The van der Waals surface area contributed by atoms with Gasteiger partial charge in [-0.2, -0.15) is 0 Å². The van der Waals surface area contributed by atoms with E-state index in [4.69, 9.17) is 12.2 Å². The molecule has 1 aliphatic heterocycles. The molecule has 2 aliphatic rings. The van der Waals surface area contributed by atoms with Crippen LogP contribution in [-0.4, -0.2) is 10.6 Å². The van der Waals surface area contributed by atoms with Gasteiger partial charge < -0.3 is 0 Å². The van der Waals surface area contributed by atoms with E-state index in [-0.39, 0.29) is 0 Å². The number of thiocarbonyl (C=S) groups is 1. The van der Waals surface area contributed by atoms with Crippen LogP contribution in [0.2, 0.25) is 0 Å². The molecule has 0 N–H and O–H groups in total. The van der Waals surface area contributed by atoms with Crippen molar-refractivity contribution < 1.29 is 0 Å². The molecule has 0 aromatic rings. The summed E-state index contributed by atoms with van der Waals surface area (Å²) >= 11 is 4.91. The fourth-order valence-corrected chi connectivity index (χ4v) is 0.966. The van der Waals surface area contributed by atoms with Crippen molar-refractivity contribution in [2.24, 2.45) is 15.4 Å². The van der Waals surface area contributed by atoms with E-state index in [9.17, 15) is 0 Å². The lowest BCUT2D eigenvalue weighted by atomic mass is 10.1. The zero-order valence-electron chi connectivity index (χ0n) is 4.98. The van der Waals surface area contributed by atoms with Gasteiger partial charge in [0.1, 0.15) is 11.4 Å². The first-order chi connectivity index (χ1) is 4.86. The van der Waals surface area contributed by atoms with Crippen LogP contribution in [0, 0.1) is 0 Å². The second-order valence-electron chi connectivity index (χ2n) is 1.94. The summed E-state index contributed by atoms with van der Waals surface area (Å²) in [5.74, 6) is 0. The van der Waals surface area contributed by atoms with Crippen molar-refractivity contribution in [2.45, 2.75) is 0 Å². The molecule has 0 fully saturated rings. The van der Waals surface area contributed by atoms with Gasteiger partial charge in [-0.3, -0.25) is 0 Å². The van der Waals surface area contributed by atoms with Crippen LogP contribution in [0.5, 0.6) is 0 Å². The molecule has 0 atom stereocenters. The lowest BCUT2D eigenvalue weighted by molar-refractivity contribution is 1.10. The van der Waals surface area contributed by atoms with Crippen molar-refractivity contribution >= 4 is 22.8 Å². The molecule has 4 heteroatoms. The summed E-state index contributed by atoms with van der Waals surface area (Å²) in [6.45, 7) is 0. The molecule has 10 heavy (non-hydrogen) atoms. The summed E-state index contributed by atoms with van der Waals surface area (Å²) in [5, 5.41) is 11.0. The fourth-order valence-electron chi connectivity index (χ4n) is 0.787. The maximum atomic E-state index is 4.91. The van der Waals surface area contributed by atoms with E-state index in [1.807, 2.05) is 12.2 Å². The van der Waals surface area contributed by atoms with Gasteiger partial charge in [-0.25, -0.2) is 0 Å². The molecule has 0 aromatic heterocycles. The molecule has 0 bridgehead atoms. The molecule has 1 aliphatic carbocycles. The molecule has 0 aromatic carbocycles. The third-order valence-electron chi connectivity index (χ3n) is 1.25. The van der Waals surface area contributed by atoms with Gasteiger partial charge in [0.05, 0.1) is 0 Å². The number of allylic oxidation sites excluding steroid dienone is 3. The predicted molar refractivity (Wildman–Crippen MR) is 42.1 cm³/mol. The third kappa shape index (κ3) is 0.733. The highest BCUT2D eigenvalue weighted by molar-refractivity contribution is 7.81. The van der Waals surface area contributed by atoms with Crippen LogP contribution in [-0.2, 0) is 0 Å². The third-order valence-corrected chi connectivity index (χ3v) is 1.51. The van der Waals surface area contributed by atoms with Crippen molar-refractivity contribution in [1.29, 1.82) is 0 Å². The molecule has 3 nitrogen and oxygen atoms in total. The number of hydrogen-bond acceptors (Lipinski definition) is 4. The first-order valence-corrected chi connectivity index (χ1v) is 3.20. The maximum Gasteiger partial charge on any atom is 0.116 e. The fraction of sp³-hybridized carbons (Fsp3) is 0. The first kappa shape index (κ1) is 5.61. The van der Waals surface area contributed by atoms with E-state index in [2.05, 4.69) is 15.4 Å². The van der Waals surface area contributed by atoms with Crippen molar-refractivity contribution in [2.75, 3.05) is 0 Å². The minimum absolute atomic E-state index is 0.771. The summed E-state index contributed by atoms with van der Waals surface area (Å²) in [5.41, 5.74) is 1.57. The number of rotatable bonds is 0. The highest BCUT2D eigenvalue weighted by Gasteiger charge is 2.12. The summed E-state index contributed by atoms with van der Waals surface area (Å²) in [7, 11) is 0. The molecular formula is C6H3N3S. The van der Waals surface area contributed by atoms with Crippen molar-refractivity contribution in [1.82, 2.24) is 0 Å². The monoisotopic (exact) mass is 149 g/mol. The molecule has 0 radical (unpaired) electrons. The summed E-state index contributed by atoms with van der Waals surface area (Å²) in [6, 6.07) is 0. The minimum atomic E-state index is 0.771. The van der Waals surface area contributed by atoms with Crippen molar-refractivity contribution in [3.63, 3.8) is 0 Å². The summed E-state index contributed by atoms with van der Waals surface area (Å²) < 4.78 is 0. The van der Waals surface area contributed by atoms with E-state index in [1.54, 1.807) is 6.08 Å². The van der Waals surface area contributed by atoms with E-state index in [0.29, 0.717) is 0 Å². The Hall–Kier alpha value is -1.16. The Morgan fingerprint density at radius 1 is 1.30 bits per heavy atom. The Kier molecular flexibility index (Phi) is 1.07. The van der Waals surface area contributed by atoms with E-state index in [1.165, 1.54) is 0 Å².